The molecule has 0 aromatic carbocycles. The summed E-state index contributed by atoms with van der Waals surface area (Å²) in [7, 11) is 0. The Morgan fingerprint density at radius 2 is 0.875 bits per heavy atom. The maximum absolute atomic E-state index is 3.56. The van der Waals surface area contributed by atoms with Gasteiger partial charge in [-0.05, 0) is 0 Å². The van der Waals surface area contributed by atoms with Crippen molar-refractivity contribution >= 4 is 0 Å². The standard InChI is InChI=1S/C3H3N3.2H2O/c1-4-2-6-3-5-1;;/h1-3H;2*1H2. The van der Waals surface area contributed by atoms with E-state index in [0.29, 0.717) is 0 Å². The number of nitrogens with zero attached hydrogens (tertiary/aromatic N) is 3. The van der Waals surface area contributed by atoms with Gasteiger partial charge in [0, 0.05) is 0 Å². The molecule has 4 N–H and O–H groups in total. The molecular formula is C3H7N3O2. The molecule has 0 amide bonds. The third kappa shape index (κ3) is 3.13. The number of aromatic nitrogens is 3. The van der Waals surface area contributed by atoms with E-state index in [-0.39, 0.29) is 11.0 Å². The molecule has 1 aromatic heterocycles. The summed E-state index contributed by atoms with van der Waals surface area (Å²) in [6.45, 7) is 0. The van der Waals surface area contributed by atoms with Crippen LogP contribution in [-0.2, 0) is 0 Å². The second kappa shape index (κ2) is 5.93. The predicted octanol–water partition coefficient (Wildman–Crippen LogP) is -1.78. The van der Waals surface area contributed by atoms with Crippen molar-refractivity contribution in [3.05, 3.63) is 19.0 Å². The first kappa shape index (κ1) is 10.0. The van der Waals surface area contributed by atoms with E-state index in [2.05, 4.69) is 15.0 Å². The fourth-order valence-corrected chi connectivity index (χ4v) is 0.205. The molecule has 5 nitrogen and oxygen atoms in total. The molecule has 0 bridgehead atoms. The van der Waals surface area contributed by atoms with Crippen LogP contribution in [0, 0.1) is 0 Å². The zero-order valence-corrected chi connectivity index (χ0v) is 4.07. The lowest BCUT2D eigenvalue weighted by atomic mass is 11.1. The molecule has 0 aliphatic carbocycles. The van der Waals surface area contributed by atoms with Gasteiger partial charge in [0.25, 0.3) is 0 Å². The Morgan fingerprint density at radius 1 is 0.625 bits per heavy atom. The molecule has 0 saturated heterocycles. The van der Waals surface area contributed by atoms with Gasteiger partial charge in [-0.3, -0.25) is 0 Å². The third-order valence-corrected chi connectivity index (χ3v) is 0.400. The largest absolute Gasteiger partial charge is 0.412 e. The average molecular weight is 117 g/mol. The summed E-state index contributed by atoms with van der Waals surface area (Å²) >= 11 is 0. The van der Waals surface area contributed by atoms with E-state index in [4.69, 9.17) is 0 Å². The maximum atomic E-state index is 3.56. The van der Waals surface area contributed by atoms with E-state index in [0.717, 1.165) is 0 Å². The summed E-state index contributed by atoms with van der Waals surface area (Å²) in [4.78, 5) is 10.7. The molecule has 0 unspecified atom stereocenters. The van der Waals surface area contributed by atoms with Crippen molar-refractivity contribution in [1.82, 2.24) is 15.0 Å². The topological polar surface area (TPSA) is 102 Å². The second-order valence-corrected chi connectivity index (χ2v) is 0.794. The van der Waals surface area contributed by atoms with Gasteiger partial charge in [0.1, 0.15) is 19.0 Å². The van der Waals surface area contributed by atoms with Gasteiger partial charge < -0.3 is 11.0 Å². The quantitative estimate of drug-likeness (QED) is 0.401. The van der Waals surface area contributed by atoms with E-state index in [9.17, 15) is 0 Å². The lowest BCUT2D eigenvalue weighted by Crippen LogP contribution is -1.73. The number of hydrogen-bond acceptors (Lipinski definition) is 3. The highest BCUT2D eigenvalue weighted by atomic mass is 16.0. The fourth-order valence-electron chi connectivity index (χ4n) is 0.205. The molecule has 0 saturated carbocycles. The molecule has 1 heterocycles. The minimum absolute atomic E-state index is 0. The summed E-state index contributed by atoms with van der Waals surface area (Å²) in [6.07, 6.45) is 4.31. The summed E-state index contributed by atoms with van der Waals surface area (Å²) in [6, 6.07) is 0. The van der Waals surface area contributed by atoms with Gasteiger partial charge in [-0.1, -0.05) is 0 Å². The molecule has 0 fully saturated rings. The van der Waals surface area contributed by atoms with Gasteiger partial charge in [0.15, 0.2) is 0 Å². The number of hydrogen-bond donors (Lipinski definition) is 0. The van der Waals surface area contributed by atoms with Crippen LogP contribution >= 0.6 is 0 Å². The lowest BCUT2D eigenvalue weighted by molar-refractivity contribution is 0.823. The van der Waals surface area contributed by atoms with Crippen LogP contribution in [0.4, 0.5) is 0 Å². The third-order valence-electron chi connectivity index (χ3n) is 0.400. The van der Waals surface area contributed by atoms with E-state index in [1.165, 1.54) is 19.0 Å². The lowest BCUT2D eigenvalue weighted by Gasteiger charge is -1.69. The smallest absolute Gasteiger partial charge is 0.119 e. The van der Waals surface area contributed by atoms with Gasteiger partial charge in [-0.2, -0.15) is 0 Å². The van der Waals surface area contributed by atoms with Crippen LogP contribution in [0.5, 0.6) is 0 Å². The van der Waals surface area contributed by atoms with Crippen molar-refractivity contribution in [3.63, 3.8) is 0 Å². The molecule has 0 atom stereocenters. The highest BCUT2D eigenvalue weighted by molar-refractivity contribution is 4.51. The van der Waals surface area contributed by atoms with Gasteiger partial charge >= 0.3 is 0 Å². The normalized spacial score (nSPS) is 6.00. The van der Waals surface area contributed by atoms with Crippen LogP contribution in [0.3, 0.4) is 0 Å². The predicted molar refractivity (Wildman–Crippen MR) is 27.1 cm³/mol. The van der Waals surface area contributed by atoms with E-state index in [1.807, 2.05) is 0 Å². The molecule has 0 aliphatic heterocycles. The summed E-state index contributed by atoms with van der Waals surface area (Å²) < 4.78 is 0. The monoisotopic (exact) mass is 117 g/mol. The van der Waals surface area contributed by atoms with Gasteiger partial charge in [0.2, 0.25) is 0 Å². The zero-order valence-electron chi connectivity index (χ0n) is 4.07. The average Bonchev–Trinajstić information content (AvgIpc) is 1.72. The highest BCUT2D eigenvalue weighted by Gasteiger charge is 1.59. The molecule has 8 heavy (non-hydrogen) atoms. The van der Waals surface area contributed by atoms with Gasteiger partial charge in [-0.15, -0.1) is 0 Å². The molecule has 0 spiro atoms. The van der Waals surface area contributed by atoms with Crippen molar-refractivity contribution in [2.75, 3.05) is 0 Å². The summed E-state index contributed by atoms with van der Waals surface area (Å²) in [5, 5.41) is 0. The molecule has 0 radical (unpaired) electrons. The molecule has 1 aromatic rings. The van der Waals surface area contributed by atoms with Gasteiger partial charge in [-0.25, -0.2) is 15.0 Å². The highest BCUT2D eigenvalue weighted by Crippen LogP contribution is 1.57. The van der Waals surface area contributed by atoms with Crippen LogP contribution in [0.25, 0.3) is 0 Å². The van der Waals surface area contributed by atoms with E-state index < -0.39 is 0 Å². The minimum atomic E-state index is 0. The Kier molecular flexibility index (Phi) is 7.43. The van der Waals surface area contributed by atoms with Crippen molar-refractivity contribution in [3.8, 4) is 0 Å². The van der Waals surface area contributed by atoms with Gasteiger partial charge in [0.05, 0.1) is 0 Å². The van der Waals surface area contributed by atoms with Crippen LogP contribution in [0.15, 0.2) is 19.0 Å². The molecule has 46 valence electrons. The maximum Gasteiger partial charge on any atom is 0.119 e. The van der Waals surface area contributed by atoms with E-state index >= 15 is 0 Å². The van der Waals surface area contributed by atoms with Crippen molar-refractivity contribution in [2.24, 2.45) is 0 Å². The van der Waals surface area contributed by atoms with Crippen molar-refractivity contribution < 1.29 is 11.0 Å². The zero-order chi connectivity index (χ0) is 4.24. The molecular weight excluding hydrogens is 110 g/mol. The van der Waals surface area contributed by atoms with Crippen LogP contribution in [0.2, 0.25) is 0 Å². The first-order chi connectivity index (χ1) is 3.00. The number of rotatable bonds is 0. The van der Waals surface area contributed by atoms with Crippen LogP contribution < -0.4 is 0 Å². The molecule has 1 rings (SSSR count). The molecule has 5 heteroatoms. The first-order valence-corrected chi connectivity index (χ1v) is 1.55. The van der Waals surface area contributed by atoms with Crippen molar-refractivity contribution in [2.45, 2.75) is 0 Å². The summed E-state index contributed by atoms with van der Waals surface area (Å²) in [5.41, 5.74) is 0. The molecule has 0 aliphatic rings. The van der Waals surface area contributed by atoms with Crippen molar-refractivity contribution in [1.29, 1.82) is 0 Å². The second-order valence-electron chi connectivity index (χ2n) is 0.794. The Bertz CT molecular complexity index is 84.5. The minimum Gasteiger partial charge on any atom is -0.412 e. The van der Waals surface area contributed by atoms with Crippen LogP contribution in [-0.4, -0.2) is 25.9 Å². The SMILES string of the molecule is O.O.c1ncncn1. The first-order valence-electron chi connectivity index (χ1n) is 1.55. The Balaban J connectivity index is 0. The summed E-state index contributed by atoms with van der Waals surface area (Å²) in [5.74, 6) is 0. The Morgan fingerprint density at radius 3 is 1.00 bits per heavy atom. The fraction of sp³-hybridized carbons (Fsp3) is 0. The Hall–Kier alpha value is -1.07. The van der Waals surface area contributed by atoms with E-state index in [1.54, 1.807) is 0 Å². The van der Waals surface area contributed by atoms with Crippen LogP contribution in [0.1, 0.15) is 0 Å². The Labute approximate surface area is 46.1 Å².